The van der Waals surface area contributed by atoms with E-state index in [1.807, 2.05) is 0 Å². The van der Waals surface area contributed by atoms with Gasteiger partial charge in [0.1, 0.15) is 17.3 Å². The Morgan fingerprint density at radius 3 is 1.82 bits per heavy atom. The number of para-hydroxylation sites is 1. The highest BCUT2D eigenvalue weighted by Gasteiger charge is 2.77. The summed E-state index contributed by atoms with van der Waals surface area (Å²) in [6.45, 7) is 0. The maximum Gasteiger partial charge on any atom is 0.164 e. The van der Waals surface area contributed by atoms with E-state index in [0.717, 1.165) is 86.7 Å². The van der Waals surface area contributed by atoms with Gasteiger partial charge in [-0.1, -0.05) is 127 Å². The monoisotopic (exact) mass is 841 g/mol. The van der Waals surface area contributed by atoms with E-state index in [1.54, 1.807) is 5.56 Å². The maximum absolute atomic E-state index is 7.00. The summed E-state index contributed by atoms with van der Waals surface area (Å²) in [5.41, 5.74) is 14.7. The van der Waals surface area contributed by atoms with Crippen molar-refractivity contribution in [1.82, 2.24) is 15.0 Å². The van der Waals surface area contributed by atoms with Crippen molar-refractivity contribution in [2.75, 3.05) is 0 Å². The molecule has 8 fully saturated rings. The normalized spacial score (nSPS) is 35.2. The van der Waals surface area contributed by atoms with Gasteiger partial charge in [-0.2, -0.15) is 0 Å². The molecule has 0 saturated heterocycles. The molecule has 316 valence electrons. The molecule has 2 heterocycles. The molecule has 10 aliphatic rings. The summed E-state index contributed by atoms with van der Waals surface area (Å²) in [7, 11) is 0. The lowest BCUT2D eigenvalue weighted by Crippen LogP contribution is -2.59. The number of aromatic nitrogens is 3. The number of fused-ring (bicyclic) bond motifs is 12. The predicted molar refractivity (Wildman–Crippen MR) is 253 cm³/mol. The summed E-state index contributed by atoms with van der Waals surface area (Å²) >= 11 is 0. The van der Waals surface area contributed by atoms with Gasteiger partial charge in [-0.3, -0.25) is 0 Å². The molecule has 5 bridgehead atoms. The fourth-order valence-electron chi connectivity index (χ4n) is 18.8. The number of nitrogens with zero attached hydrogens (tertiary/aromatic N) is 3. The molecule has 7 aromatic rings. The van der Waals surface area contributed by atoms with Crippen LogP contribution in [0.5, 0.6) is 11.5 Å². The summed E-state index contributed by atoms with van der Waals surface area (Å²) in [5, 5.41) is 0. The zero-order valence-corrected chi connectivity index (χ0v) is 36.8. The van der Waals surface area contributed by atoms with Gasteiger partial charge in [-0.15, -0.1) is 0 Å². The Morgan fingerprint density at radius 1 is 0.431 bits per heavy atom. The van der Waals surface area contributed by atoms with Crippen molar-refractivity contribution in [3.8, 4) is 56.5 Å². The zero-order chi connectivity index (χ0) is 42.1. The summed E-state index contributed by atoms with van der Waals surface area (Å²) in [6.07, 6.45) is 15.3. The molecular formula is C61H51N3O. The Kier molecular flexibility index (Phi) is 6.29. The lowest BCUT2D eigenvalue weighted by atomic mass is 9.38. The molecule has 17 rings (SSSR count). The third-order valence-electron chi connectivity index (χ3n) is 21.0. The Balaban J connectivity index is 0.814. The van der Waals surface area contributed by atoms with E-state index in [9.17, 15) is 0 Å². The minimum atomic E-state index is -0.489. The Hall–Kier alpha value is -5.87. The van der Waals surface area contributed by atoms with Crippen LogP contribution < -0.4 is 4.74 Å². The minimum absolute atomic E-state index is 0.0381. The Morgan fingerprint density at radius 2 is 1.06 bits per heavy atom. The van der Waals surface area contributed by atoms with Crippen molar-refractivity contribution >= 4 is 0 Å². The summed E-state index contributed by atoms with van der Waals surface area (Å²) in [5.74, 6) is 10.1. The summed E-state index contributed by atoms with van der Waals surface area (Å²) < 4.78 is 7.00. The van der Waals surface area contributed by atoms with E-state index in [1.165, 1.54) is 104 Å². The highest BCUT2D eigenvalue weighted by atomic mass is 16.5. The van der Waals surface area contributed by atoms with Gasteiger partial charge in [0.05, 0.1) is 5.41 Å². The van der Waals surface area contributed by atoms with Crippen LogP contribution in [-0.4, -0.2) is 15.0 Å². The van der Waals surface area contributed by atoms with Crippen molar-refractivity contribution in [2.24, 2.45) is 46.3 Å². The SMILES string of the molecule is c1ccc2c(c1)Oc1cc(-c3ccccc3-c3nc(-c4ccc(C56CC7CC8CC(C5)C87C6)cc4)nc(C45CC6CC7CC(C4)[C@]7(C6)C5)n3)ccc1C21c2ccccc2-c2ccccc21. The fraction of sp³-hybridized carbons (Fsp3) is 0.361. The standard InChI is InChI=1S/C61H51N3O/c1-2-12-47(44(9-1)37-19-22-51-53(24-37)65-52-16-8-7-15-50(52)61(51)48-13-5-3-10-45(48)46-11-4-6-14-49(46)61)55-62-54(63-56(64-55)58-28-35-23-39-25-41(30-58)59(39,29-35)33-58)36-17-20-38(21-18-36)57-31-42-26-40-27-43(32-57)60(40,42)34-57/h1-22,24,35,39-43H,23,25-34H2/t35?,39?,40?,41?,42?,43?,57?,58?,59-,60?/m1/s1. The van der Waals surface area contributed by atoms with Crippen molar-refractivity contribution in [3.63, 3.8) is 0 Å². The van der Waals surface area contributed by atoms with Crippen molar-refractivity contribution in [3.05, 3.63) is 173 Å². The molecule has 1 aromatic heterocycles. The maximum atomic E-state index is 7.00. The molecule has 8 saturated carbocycles. The number of hydrogen-bond acceptors (Lipinski definition) is 4. The first-order valence-electron chi connectivity index (χ1n) is 25.1. The second kappa shape index (κ2) is 11.6. The quantitative estimate of drug-likeness (QED) is 0.173. The first kappa shape index (κ1) is 35.4. The second-order valence-corrected chi connectivity index (χ2v) is 23.2. The van der Waals surface area contributed by atoms with Crippen LogP contribution in [0.1, 0.15) is 104 Å². The Bertz CT molecular complexity index is 3210. The molecule has 9 aliphatic carbocycles. The molecule has 4 nitrogen and oxygen atoms in total. The Labute approximate surface area is 381 Å². The molecule has 3 spiro atoms. The molecular weight excluding hydrogens is 791 g/mol. The van der Waals surface area contributed by atoms with E-state index >= 15 is 0 Å². The van der Waals surface area contributed by atoms with Crippen LogP contribution in [0.2, 0.25) is 0 Å². The lowest BCUT2D eigenvalue weighted by molar-refractivity contribution is -0.175. The third kappa shape index (κ3) is 4.07. The summed E-state index contributed by atoms with van der Waals surface area (Å²) in [4.78, 5) is 16.8. The van der Waals surface area contributed by atoms with E-state index in [0.29, 0.717) is 16.2 Å². The van der Waals surface area contributed by atoms with Crippen molar-refractivity contribution in [1.29, 1.82) is 0 Å². The molecule has 6 aromatic carbocycles. The first-order valence-corrected chi connectivity index (χ1v) is 25.1. The van der Waals surface area contributed by atoms with Crippen molar-refractivity contribution < 1.29 is 4.74 Å². The molecule has 4 heteroatoms. The van der Waals surface area contributed by atoms with E-state index in [4.69, 9.17) is 19.7 Å². The van der Waals surface area contributed by atoms with Gasteiger partial charge in [-0.05, 0) is 173 Å². The zero-order valence-electron chi connectivity index (χ0n) is 36.8. The largest absolute Gasteiger partial charge is 0.457 e. The fourth-order valence-corrected chi connectivity index (χ4v) is 18.8. The van der Waals surface area contributed by atoms with Crippen LogP contribution in [0, 0.1) is 46.3 Å². The van der Waals surface area contributed by atoms with Gasteiger partial charge >= 0.3 is 0 Å². The molecule has 7 atom stereocenters. The molecule has 65 heavy (non-hydrogen) atoms. The second-order valence-electron chi connectivity index (χ2n) is 23.2. The van der Waals surface area contributed by atoms with Crippen LogP contribution in [-0.2, 0) is 16.2 Å². The first-order chi connectivity index (χ1) is 32.0. The van der Waals surface area contributed by atoms with Crippen LogP contribution in [0.15, 0.2) is 140 Å². The highest BCUT2D eigenvalue weighted by molar-refractivity contribution is 5.90. The van der Waals surface area contributed by atoms with Crippen molar-refractivity contribution in [2.45, 2.75) is 86.9 Å². The van der Waals surface area contributed by atoms with Gasteiger partial charge in [0, 0.05) is 27.7 Å². The molecule has 6 unspecified atom stereocenters. The van der Waals surface area contributed by atoms with Gasteiger partial charge in [0.25, 0.3) is 0 Å². The van der Waals surface area contributed by atoms with E-state index in [2.05, 4.69) is 140 Å². The number of hydrogen-bond donors (Lipinski definition) is 0. The topological polar surface area (TPSA) is 47.9 Å². The molecule has 1 aliphatic heterocycles. The van der Waals surface area contributed by atoms with Gasteiger partial charge in [0.2, 0.25) is 0 Å². The van der Waals surface area contributed by atoms with Gasteiger partial charge in [0.15, 0.2) is 11.6 Å². The lowest BCUT2D eigenvalue weighted by Gasteiger charge is -2.66. The van der Waals surface area contributed by atoms with Crippen LogP contribution in [0.3, 0.4) is 0 Å². The number of ether oxygens (including phenoxy) is 1. The third-order valence-corrected chi connectivity index (χ3v) is 21.0. The average molecular weight is 842 g/mol. The van der Waals surface area contributed by atoms with Crippen LogP contribution in [0.25, 0.3) is 45.0 Å². The van der Waals surface area contributed by atoms with E-state index in [-0.39, 0.29) is 5.41 Å². The number of benzene rings is 6. The molecule has 0 amide bonds. The van der Waals surface area contributed by atoms with E-state index < -0.39 is 5.41 Å². The smallest absolute Gasteiger partial charge is 0.164 e. The van der Waals surface area contributed by atoms with Gasteiger partial charge in [-0.25, -0.2) is 15.0 Å². The predicted octanol–water partition coefficient (Wildman–Crippen LogP) is 13.9. The van der Waals surface area contributed by atoms with Gasteiger partial charge < -0.3 is 4.74 Å². The van der Waals surface area contributed by atoms with Crippen LogP contribution in [0.4, 0.5) is 0 Å². The molecule has 0 radical (unpaired) electrons. The molecule has 0 N–H and O–H groups in total. The number of rotatable bonds is 5. The summed E-state index contributed by atoms with van der Waals surface area (Å²) in [6, 6.07) is 52.1. The minimum Gasteiger partial charge on any atom is -0.457 e. The average Bonchev–Trinajstić information content (AvgIpc) is 4.04. The highest BCUT2D eigenvalue weighted by Crippen LogP contribution is 2.84. The van der Waals surface area contributed by atoms with Crippen LogP contribution >= 0.6 is 0 Å².